The summed E-state index contributed by atoms with van der Waals surface area (Å²) in [4.78, 5) is 23.7. The van der Waals surface area contributed by atoms with Crippen LogP contribution in [0.2, 0.25) is 0 Å². The van der Waals surface area contributed by atoms with Gasteiger partial charge in [0.25, 0.3) is 0 Å². The summed E-state index contributed by atoms with van der Waals surface area (Å²) in [5, 5.41) is 26.3. The van der Waals surface area contributed by atoms with Gasteiger partial charge < -0.3 is 15.5 Å². The number of phenolic OH excluding ortho intramolecular Hbond substituents is 1. The lowest BCUT2D eigenvalue weighted by molar-refractivity contribution is -0.116. The molecule has 0 saturated heterocycles. The van der Waals surface area contributed by atoms with Crippen LogP contribution in [-0.4, -0.2) is 31.9 Å². The molecule has 2 aromatic carbocycles. The van der Waals surface area contributed by atoms with Crippen molar-refractivity contribution in [1.29, 1.82) is 0 Å². The number of phenols is 1. The van der Waals surface area contributed by atoms with E-state index in [0.717, 1.165) is 40.9 Å². The number of carbonyl (C=O) groups excluding carboxylic acids is 1. The quantitative estimate of drug-likeness (QED) is 0.620. The molecular weight excluding hydrogens is 370 g/mol. The molecule has 7 heteroatoms. The van der Waals surface area contributed by atoms with E-state index in [1.807, 2.05) is 17.8 Å². The first kappa shape index (κ1) is 18.7. The fraction of sp³-hybridized carbons (Fsp3) is 0.227. The van der Waals surface area contributed by atoms with E-state index in [0.29, 0.717) is 12.1 Å². The van der Waals surface area contributed by atoms with Crippen LogP contribution in [0.4, 0.5) is 5.69 Å². The smallest absolute Gasteiger partial charge is 0.337 e. The number of aromatic hydroxyl groups is 1. The number of hydrogen-bond acceptors (Lipinski definition) is 4. The van der Waals surface area contributed by atoms with Crippen LogP contribution in [0.1, 0.15) is 33.6 Å². The minimum absolute atomic E-state index is 0.0657. The number of anilines is 1. The van der Waals surface area contributed by atoms with Gasteiger partial charge in [0.1, 0.15) is 5.75 Å². The maximum Gasteiger partial charge on any atom is 0.337 e. The summed E-state index contributed by atoms with van der Waals surface area (Å²) >= 11 is 0. The molecule has 0 spiro atoms. The van der Waals surface area contributed by atoms with Crippen molar-refractivity contribution < 1.29 is 19.8 Å². The summed E-state index contributed by atoms with van der Waals surface area (Å²) in [5.41, 5.74) is 5.54. The van der Waals surface area contributed by atoms with E-state index < -0.39 is 5.97 Å². The predicted octanol–water partition coefficient (Wildman–Crippen LogP) is 3.16. The van der Waals surface area contributed by atoms with E-state index in [-0.39, 0.29) is 23.6 Å². The second kappa shape index (κ2) is 7.43. The molecule has 1 amide bonds. The minimum atomic E-state index is -1.08. The van der Waals surface area contributed by atoms with E-state index in [1.54, 1.807) is 30.3 Å². The molecule has 3 N–H and O–H groups in total. The van der Waals surface area contributed by atoms with Crippen LogP contribution in [0.3, 0.4) is 0 Å². The standard InChI is InChI=1S/C22H21N3O4/c1-25-21-15-9-7-14(26)12-13(15)6-8-16(21)19(24-25)10-11-20(27)23-18-5-3-2-4-17(18)22(28)29/h2-5,7,9,12,26H,6,8,10-11H2,1H3,(H,23,27)(H,28,29). The van der Waals surface area contributed by atoms with Gasteiger partial charge in [-0.1, -0.05) is 12.1 Å². The topological polar surface area (TPSA) is 104 Å². The molecule has 1 heterocycles. The summed E-state index contributed by atoms with van der Waals surface area (Å²) in [7, 11) is 1.88. The Morgan fingerprint density at radius 3 is 2.76 bits per heavy atom. The van der Waals surface area contributed by atoms with Gasteiger partial charge in [-0.3, -0.25) is 9.48 Å². The van der Waals surface area contributed by atoms with Gasteiger partial charge >= 0.3 is 5.97 Å². The van der Waals surface area contributed by atoms with Gasteiger partial charge in [-0.25, -0.2) is 4.79 Å². The number of aryl methyl sites for hydroxylation is 3. The lowest BCUT2D eigenvalue weighted by Gasteiger charge is -2.18. The molecule has 0 aliphatic heterocycles. The van der Waals surface area contributed by atoms with Crippen LogP contribution in [-0.2, 0) is 31.1 Å². The van der Waals surface area contributed by atoms with Crippen molar-refractivity contribution in [2.45, 2.75) is 25.7 Å². The third-order valence-corrected chi connectivity index (χ3v) is 5.24. The summed E-state index contributed by atoms with van der Waals surface area (Å²) in [6, 6.07) is 11.7. The molecule has 7 nitrogen and oxygen atoms in total. The van der Waals surface area contributed by atoms with Gasteiger partial charge in [0.15, 0.2) is 0 Å². The Balaban J connectivity index is 1.51. The highest BCUT2D eigenvalue weighted by molar-refractivity contribution is 6.00. The number of carboxylic acid groups (broad SMARTS) is 1. The van der Waals surface area contributed by atoms with Crippen LogP contribution in [0, 0.1) is 0 Å². The van der Waals surface area contributed by atoms with Crippen molar-refractivity contribution in [3.05, 3.63) is 64.8 Å². The fourth-order valence-electron chi connectivity index (χ4n) is 3.92. The van der Waals surface area contributed by atoms with Crippen molar-refractivity contribution >= 4 is 17.6 Å². The average Bonchev–Trinajstić information content (AvgIpc) is 3.02. The van der Waals surface area contributed by atoms with Gasteiger partial charge in [0.05, 0.1) is 22.6 Å². The van der Waals surface area contributed by atoms with Crippen LogP contribution in [0.15, 0.2) is 42.5 Å². The van der Waals surface area contributed by atoms with Crippen LogP contribution in [0.5, 0.6) is 5.75 Å². The van der Waals surface area contributed by atoms with Crippen LogP contribution < -0.4 is 5.32 Å². The number of benzene rings is 2. The van der Waals surface area contributed by atoms with Crippen LogP contribution in [0.25, 0.3) is 11.3 Å². The first-order valence-electron chi connectivity index (χ1n) is 9.43. The van der Waals surface area contributed by atoms with Gasteiger partial charge in [0.2, 0.25) is 5.91 Å². The molecule has 0 saturated carbocycles. The van der Waals surface area contributed by atoms with Crippen molar-refractivity contribution in [1.82, 2.24) is 9.78 Å². The normalized spacial score (nSPS) is 12.2. The third kappa shape index (κ3) is 3.59. The van der Waals surface area contributed by atoms with E-state index in [2.05, 4.69) is 10.4 Å². The van der Waals surface area contributed by atoms with Gasteiger partial charge in [0, 0.05) is 31.0 Å². The molecule has 29 heavy (non-hydrogen) atoms. The summed E-state index contributed by atoms with van der Waals surface area (Å²) in [5.74, 6) is -1.07. The monoisotopic (exact) mass is 391 g/mol. The molecule has 0 fully saturated rings. The second-order valence-electron chi connectivity index (χ2n) is 7.14. The Kier molecular flexibility index (Phi) is 4.80. The van der Waals surface area contributed by atoms with Gasteiger partial charge in [-0.05, 0) is 48.7 Å². The molecule has 3 aromatic rings. The lowest BCUT2D eigenvalue weighted by Crippen LogP contribution is -2.15. The zero-order valence-electron chi connectivity index (χ0n) is 16.0. The molecular formula is C22H21N3O4. The van der Waals surface area contributed by atoms with Crippen molar-refractivity contribution in [2.24, 2.45) is 7.05 Å². The lowest BCUT2D eigenvalue weighted by atomic mass is 9.88. The highest BCUT2D eigenvalue weighted by atomic mass is 16.4. The SMILES string of the molecule is Cn1nc(CCC(=O)Nc2ccccc2C(=O)O)c2c1-c1ccc(O)cc1CC2. The van der Waals surface area contributed by atoms with E-state index in [4.69, 9.17) is 0 Å². The number of para-hydroxylation sites is 1. The predicted molar refractivity (Wildman–Crippen MR) is 108 cm³/mol. The molecule has 1 aliphatic rings. The maximum absolute atomic E-state index is 12.4. The number of aromatic nitrogens is 2. The van der Waals surface area contributed by atoms with Crippen LogP contribution >= 0.6 is 0 Å². The largest absolute Gasteiger partial charge is 0.508 e. The Hall–Kier alpha value is -3.61. The molecule has 4 rings (SSSR count). The molecule has 1 aromatic heterocycles. The van der Waals surface area contributed by atoms with Crippen molar-refractivity contribution in [3.63, 3.8) is 0 Å². The second-order valence-corrected chi connectivity index (χ2v) is 7.14. The number of aromatic carboxylic acids is 1. The first-order valence-corrected chi connectivity index (χ1v) is 9.43. The van der Waals surface area contributed by atoms with Crippen molar-refractivity contribution in [3.8, 4) is 17.0 Å². The van der Waals surface area contributed by atoms with E-state index in [9.17, 15) is 19.8 Å². The highest BCUT2D eigenvalue weighted by Gasteiger charge is 2.24. The van der Waals surface area contributed by atoms with E-state index in [1.165, 1.54) is 6.07 Å². The zero-order valence-corrected chi connectivity index (χ0v) is 16.0. The number of fused-ring (bicyclic) bond motifs is 3. The summed E-state index contributed by atoms with van der Waals surface area (Å²) in [6.07, 6.45) is 2.30. The number of nitrogens with one attached hydrogen (secondary N) is 1. The number of amides is 1. The number of hydrogen-bond donors (Lipinski definition) is 3. The molecule has 0 atom stereocenters. The molecule has 0 bridgehead atoms. The third-order valence-electron chi connectivity index (χ3n) is 5.24. The minimum Gasteiger partial charge on any atom is -0.508 e. The number of carboxylic acids is 1. The molecule has 1 aliphatic carbocycles. The molecule has 148 valence electrons. The molecule has 0 unspecified atom stereocenters. The summed E-state index contributed by atoms with van der Waals surface area (Å²) < 4.78 is 1.83. The van der Waals surface area contributed by atoms with Gasteiger partial charge in [-0.2, -0.15) is 5.10 Å². The van der Waals surface area contributed by atoms with Gasteiger partial charge in [-0.15, -0.1) is 0 Å². The Morgan fingerprint density at radius 2 is 1.97 bits per heavy atom. The molecule has 0 radical (unpaired) electrons. The Labute approximate surface area is 167 Å². The number of carbonyl (C=O) groups is 2. The summed E-state index contributed by atoms with van der Waals surface area (Å²) in [6.45, 7) is 0. The number of nitrogens with zero attached hydrogens (tertiary/aromatic N) is 2. The average molecular weight is 391 g/mol. The van der Waals surface area contributed by atoms with E-state index >= 15 is 0 Å². The number of rotatable bonds is 5. The highest BCUT2D eigenvalue weighted by Crippen LogP contribution is 2.36. The Morgan fingerprint density at radius 1 is 1.17 bits per heavy atom. The van der Waals surface area contributed by atoms with Crippen molar-refractivity contribution in [2.75, 3.05) is 5.32 Å². The Bertz CT molecular complexity index is 1120. The first-order chi connectivity index (χ1) is 13.9. The zero-order chi connectivity index (χ0) is 20.5. The fourth-order valence-corrected chi connectivity index (χ4v) is 3.92. The maximum atomic E-state index is 12.4.